The van der Waals surface area contributed by atoms with Crippen molar-refractivity contribution in [2.75, 3.05) is 13.7 Å². The molecular weight excluding hydrogens is 214 g/mol. The van der Waals surface area contributed by atoms with Gasteiger partial charge in [0.1, 0.15) is 5.75 Å². The summed E-state index contributed by atoms with van der Waals surface area (Å²) in [7, 11) is 1.67. The van der Waals surface area contributed by atoms with E-state index in [1.54, 1.807) is 7.11 Å². The molecule has 2 unspecified atom stereocenters. The molecular formula is C14H21NO2. The standard InChI is InChI=1S/C14H21NO2/c1-9-3-4-11(7-13(9)17-2)12(8-15)14(16)10-5-6-10/h3-4,7,10,12,14,16H,5-6,8,15H2,1-2H3. The van der Waals surface area contributed by atoms with Crippen LogP contribution in [0.25, 0.3) is 0 Å². The maximum atomic E-state index is 10.2. The van der Waals surface area contributed by atoms with Crippen molar-refractivity contribution in [2.45, 2.75) is 31.8 Å². The van der Waals surface area contributed by atoms with Gasteiger partial charge in [-0.15, -0.1) is 0 Å². The van der Waals surface area contributed by atoms with Gasteiger partial charge in [0.25, 0.3) is 0 Å². The van der Waals surface area contributed by atoms with Crippen molar-refractivity contribution in [1.29, 1.82) is 0 Å². The monoisotopic (exact) mass is 235 g/mol. The minimum Gasteiger partial charge on any atom is -0.496 e. The maximum Gasteiger partial charge on any atom is 0.122 e. The Bertz CT molecular complexity index is 388. The second-order valence-corrected chi connectivity index (χ2v) is 4.90. The number of nitrogens with two attached hydrogens (primary N) is 1. The van der Waals surface area contributed by atoms with Gasteiger partial charge in [-0.25, -0.2) is 0 Å². The van der Waals surface area contributed by atoms with E-state index < -0.39 is 0 Å². The van der Waals surface area contributed by atoms with E-state index in [0.29, 0.717) is 12.5 Å². The van der Waals surface area contributed by atoms with Gasteiger partial charge in [0.15, 0.2) is 0 Å². The number of rotatable bonds is 5. The summed E-state index contributed by atoms with van der Waals surface area (Å²) >= 11 is 0. The van der Waals surface area contributed by atoms with E-state index in [9.17, 15) is 5.11 Å². The van der Waals surface area contributed by atoms with Gasteiger partial charge >= 0.3 is 0 Å². The highest BCUT2D eigenvalue weighted by Gasteiger charge is 2.35. The number of methoxy groups -OCH3 is 1. The number of aryl methyl sites for hydroxylation is 1. The largest absolute Gasteiger partial charge is 0.496 e. The fourth-order valence-corrected chi connectivity index (χ4v) is 2.31. The summed E-state index contributed by atoms with van der Waals surface area (Å²) in [5.74, 6) is 1.33. The molecule has 1 saturated carbocycles. The van der Waals surface area contributed by atoms with Gasteiger partial charge in [-0.05, 0) is 42.9 Å². The average Bonchev–Trinajstić information content (AvgIpc) is 3.16. The van der Waals surface area contributed by atoms with Gasteiger partial charge in [-0.1, -0.05) is 12.1 Å². The van der Waals surface area contributed by atoms with Crippen LogP contribution in [0.2, 0.25) is 0 Å². The quantitative estimate of drug-likeness (QED) is 0.818. The second-order valence-electron chi connectivity index (χ2n) is 4.90. The highest BCUT2D eigenvalue weighted by molar-refractivity contribution is 5.38. The Morgan fingerprint density at radius 1 is 1.47 bits per heavy atom. The van der Waals surface area contributed by atoms with Crippen molar-refractivity contribution < 1.29 is 9.84 Å². The summed E-state index contributed by atoms with van der Waals surface area (Å²) in [5.41, 5.74) is 7.98. The van der Waals surface area contributed by atoms with E-state index in [4.69, 9.17) is 10.5 Å². The number of benzene rings is 1. The third-order valence-electron chi connectivity index (χ3n) is 3.63. The lowest BCUT2D eigenvalue weighted by molar-refractivity contribution is 0.123. The number of hydrogen-bond acceptors (Lipinski definition) is 3. The minimum atomic E-state index is -0.313. The van der Waals surface area contributed by atoms with E-state index >= 15 is 0 Å². The summed E-state index contributed by atoms with van der Waals surface area (Å²) in [6, 6.07) is 6.07. The molecule has 0 bridgehead atoms. The molecule has 17 heavy (non-hydrogen) atoms. The van der Waals surface area contributed by atoms with Gasteiger partial charge in [-0.3, -0.25) is 0 Å². The molecule has 2 rings (SSSR count). The van der Waals surface area contributed by atoms with Crippen LogP contribution in [0.1, 0.15) is 29.9 Å². The highest BCUT2D eigenvalue weighted by atomic mass is 16.5. The van der Waals surface area contributed by atoms with E-state index in [1.807, 2.05) is 25.1 Å². The zero-order valence-corrected chi connectivity index (χ0v) is 10.5. The summed E-state index contributed by atoms with van der Waals surface area (Å²) in [6.07, 6.45) is 1.94. The fraction of sp³-hybridized carbons (Fsp3) is 0.571. The molecule has 3 N–H and O–H groups in total. The summed E-state index contributed by atoms with van der Waals surface area (Å²) in [5, 5.41) is 10.2. The Hall–Kier alpha value is -1.06. The Balaban J connectivity index is 2.23. The van der Waals surface area contributed by atoms with Crippen LogP contribution in [0.3, 0.4) is 0 Å². The number of hydrogen-bond donors (Lipinski definition) is 2. The summed E-state index contributed by atoms with van der Waals surface area (Å²) in [4.78, 5) is 0. The Morgan fingerprint density at radius 2 is 2.18 bits per heavy atom. The molecule has 0 aromatic heterocycles. The normalized spacial score (nSPS) is 18.8. The Kier molecular flexibility index (Phi) is 3.69. The van der Waals surface area contributed by atoms with Crippen LogP contribution in [-0.2, 0) is 0 Å². The van der Waals surface area contributed by atoms with Crippen molar-refractivity contribution in [3.8, 4) is 5.75 Å². The molecule has 94 valence electrons. The molecule has 1 fully saturated rings. The lowest BCUT2D eigenvalue weighted by atomic mass is 9.90. The molecule has 0 saturated heterocycles. The number of aliphatic hydroxyl groups is 1. The molecule has 0 aliphatic heterocycles. The number of aliphatic hydroxyl groups excluding tert-OH is 1. The summed E-state index contributed by atoms with van der Waals surface area (Å²) in [6.45, 7) is 2.49. The third kappa shape index (κ3) is 2.61. The topological polar surface area (TPSA) is 55.5 Å². The van der Waals surface area contributed by atoms with Crippen molar-refractivity contribution in [2.24, 2.45) is 11.7 Å². The van der Waals surface area contributed by atoms with Crippen LogP contribution in [-0.4, -0.2) is 24.9 Å². The van der Waals surface area contributed by atoms with Gasteiger partial charge in [0.05, 0.1) is 13.2 Å². The van der Waals surface area contributed by atoms with Crippen molar-refractivity contribution in [3.05, 3.63) is 29.3 Å². The fourth-order valence-electron chi connectivity index (χ4n) is 2.31. The zero-order chi connectivity index (χ0) is 12.4. The van der Waals surface area contributed by atoms with Crippen LogP contribution >= 0.6 is 0 Å². The lowest BCUT2D eigenvalue weighted by Crippen LogP contribution is -2.27. The first-order valence-electron chi connectivity index (χ1n) is 6.20. The second kappa shape index (κ2) is 5.07. The van der Waals surface area contributed by atoms with Gasteiger partial charge in [-0.2, -0.15) is 0 Å². The minimum absolute atomic E-state index is 0.0250. The Labute approximate surface area is 103 Å². The van der Waals surface area contributed by atoms with E-state index in [0.717, 1.165) is 29.7 Å². The molecule has 1 aliphatic carbocycles. The molecule has 0 heterocycles. The predicted octanol–water partition coefficient (Wildman–Crippen LogP) is 1.82. The molecule has 3 nitrogen and oxygen atoms in total. The predicted molar refractivity (Wildman–Crippen MR) is 68.3 cm³/mol. The van der Waals surface area contributed by atoms with Gasteiger partial charge < -0.3 is 15.6 Å². The average molecular weight is 235 g/mol. The smallest absolute Gasteiger partial charge is 0.122 e. The van der Waals surface area contributed by atoms with Crippen LogP contribution < -0.4 is 10.5 Å². The van der Waals surface area contributed by atoms with Crippen LogP contribution in [0.4, 0.5) is 0 Å². The van der Waals surface area contributed by atoms with E-state index in [2.05, 4.69) is 0 Å². The molecule has 1 aliphatic rings. The zero-order valence-electron chi connectivity index (χ0n) is 10.5. The first-order chi connectivity index (χ1) is 8.17. The maximum absolute atomic E-state index is 10.2. The van der Waals surface area contributed by atoms with E-state index in [1.165, 1.54) is 0 Å². The summed E-state index contributed by atoms with van der Waals surface area (Å²) < 4.78 is 5.31. The third-order valence-corrected chi connectivity index (χ3v) is 3.63. The SMILES string of the molecule is COc1cc(C(CN)C(O)C2CC2)ccc1C. The van der Waals surface area contributed by atoms with Crippen LogP contribution in [0, 0.1) is 12.8 Å². The molecule has 1 aromatic carbocycles. The van der Waals surface area contributed by atoms with Crippen LogP contribution in [0.5, 0.6) is 5.75 Å². The van der Waals surface area contributed by atoms with Gasteiger partial charge in [0.2, 0.25) is 0 Å². The Morgan fingerprint density at radius 3 is 2.71 bits per heavy atom. The molecule has 3 heteroatoms. The van der Waals surface area contributed by atoms with Crippen LogP contribution in [0.15, 0.2) is 18.2 Å². The molecule has 2 atom stereocenters. The van der Waals surface area contributed by atoms with E-state index in [-0.39, 0.29) is 12.0 Å². The molecule has 0 spiro atoms. The van der Waals surface area contributed by atoms with Crippen molar-refractivity contribution in [1.82, 2.24) is 0 Å². The molecule has 0 radical (unpaired) electrons. The van der Waals surface area contributed by atoms with Crippen molar-refractivity contribution >= 4 is 0 Å². The number of ether oxygens (including phenoxy) is 1. The first kappa shape index (κ1) is 12.4. The highest BCUT2D eigenvalue weighted by Crippen LogP contribution is 2.39. The van der Waals surface area contributed by atoms with Gasteiger partial charge in [0, 0.05) is 12.5 Å². The molecule has 1 aromatic rings. The van der Waals surface area contributed by atoms with Crippen molar-refractivity contribution in [3.63, 3.8) is 0 Å². The lowest BCUT2D eigenvalue weighted by Gasteiger charge is -2.22. The molecule has 0 amide bonds. The first-order valence-corrected chi connectivity index (χ1v) is 6.20.